The summed E-state index contributed by atoms with van der Waals surface area (Å²) < 4.78 is 13.6. The second-order valence-corrected chi connectivity index (χ2v) is 8.25. The van der Waals surface area contributed by atoms with E-state index in [0.29, 0.717) is 25.6 Å². The molecule has 0 radical (unpaired) electrons. The highest BCUT2D eigenvalue weighted by molar-refractivity contribution is 5.65. The van der Waals surface area contributed by atoms with Crippen LogP contribution in [0.1, 0.15) is 24.5 Å². The third kappa shape index (κ3) is 7.02. The zero-order chi connectivity index (χ0) is 23.6. The molecule has 33 heavy (non-hydrogen) atoms. The summed E-state index contributed by atoms with van der Waals surface area (Å²) in [6.07, 6.45) is 2.07. The normalized spacial score (nSPS) is 12.2. The average Bonchev–Trinajstić information content (AvgIpc) is 3.11. The van der Waals surface area contributed by atoms with Crippen LogP contribution < -0.4 is 4.74 Å². The number of aromatic nitrogens is 2. The molecule has 1 N–H and O–H groups in total. The fourth-order valence-corrected chi connectivity index (χ4v) is 3.78. The maximum Gasteiger partial charge on any atom is 0.222 e. The zero-order valence-corrected chi connectivity index (χ0v) is 19.9. The zero-order valence-electron chi connectivity index (χ0n) is 19.9. The van der Waals surface area contributed by atoms with Crippen LogP contribution in [0.2, 0.25) is 0 Å². The number of hydrogen-bond acceptors (Lipinski definition) is 5. The third-order valence-corrected chi connectivity index (χ3v) is 5.31. The predicted molar refractivity (Wildman–Crippen MR) is 132 cm³/mol. The Hall–Kier alpha value is -2.93. The van der Waals surface area contributed by atoms with Crippen LogP contribution in [0.3, 0.4) is 0 Å². The van der Waals surface area contributed by atoms with Crippen LogP contribution in [0.5, 0.6) is 11.6 Å². The van der Waals surface area contributed by atoms with Crippen molar-refractivity contribution in [2.75, 3.05) is 26.3 Å². The predicted octanol–water partition coefficient (Wildman–Crippen LogP) is 4.96. The van der Waals surface area contributed by atoms with E-state index in [2.05, 4.69) is 37.5 Å². The van der Waals surface area contributed by atoms with Crippen molar-refractivity contribution < 1.29 is 14.6 Å². The lowest BCUT2D eigenvalue weighted by atomic mass is 10.1. The van der Waals surface area contributed by atoms with Crippen LogP contribution >= 0.6 is 0 Å². The van der Waals surface area contributed by atoms with Crippen LogP contribution in [-0.4, -0.2) is 52.2 Å². The summed E-state index contributed by atoms with van der Waals surface area (Å²) in [4.78, 5) is 2.23. The highest BCUT2D eigenvalue weighted by Gasteiger charge is 2.23. The van der Waals surface area contributed by atoms with E-state index in [9.17, 15) is 5.11 Å². The molecule has 6 nitrogen and oxygen atoms in total. The second kappa shape index (κ2) is 12.3. The van der Waals surface area contributed by atoms with Crippen molar-refractivity contribution in [3.05, 3.63) is 78.4 Å². The molecule has 2 aromatic carbocycles. The van der Waals surface area contributed by atoms with Crippen LogP contribution in [0, 0.1) is 6.92 Å². The lowest BCUT2D eigenvalue weighted by Gasteiger charge is -2.25. The van der Waals surface area contributed by atoms with Crippen molar-refractivity contribution in [1.29, 1.82) is 0 Å². The lowest BCUT2D eigenvalue weighted by Crippen LogP contribution is -2.35. The smallest absolute Gasteiger partial charge is 0.222 e. The largest absolute Gasteiger partial charge is 0.439 e. The van der Waals surface area contributed by atoms with Crippen molar-refractivity contribution in [2.24, 2.45) is 7.05 Å². The summed E-state index contributed by atoms with van der Waals surface area (Å²) in [7, 11) is 1.90. The first-order chi connectivity index (χ1) is 16.0. The minimum absolute atomic E-state index is 0.275. The maximum absolute atomic E-state index is 10.5. The van der Waals surface area contributed by atoms with Crippen molar-refractivity contribution in [2.45, 2.75) is 32.9 Å². The Kier molecular flexibility index (Phi) is 9.24. The van der Waals surface area contributed by atoms with Gasteiger partial charge in [0.15, 0.2) is 0 Å². The molecule has 0 spiro atoms. The Balaban J connectivity index is 1.91. The molecule has 3 aromatic rings. The number of aryl methyl sites for hydroxylation is 2. The van der Waals surface area contributed by atoms with Crippen LogP contribution in [-0.2, 0) is 18.3 Å². The number of hydrogen-bond donors (Lipinski definition) is 1. The van der Waals surface area contributed by atoms with Gasteiger partial charge in [-0.1, -0.05) is 61.0 Å². The van der Waals surface area contributed by atoms with Gasteiger partial charge in [0.2, 0.25) is 5.88 Å². The Morgan fingerprint density at radius 2 is 1.88 bits per heavy atom. The molecule has 0 aliphatic heterocycles. The summed E-state index contributed by atoms with van der Waals surface area (Å²) in [5.41, 5.74) is 4.10. The van der Waals surface area contributed by atoms with Crippen LogP contribution in [0.15, 0.2) is 67.3 Å². The molecular formula is C27H35N3O3. The van der Waals surface area contributed by atoms with Gasteiger partial charge in [0, 0.05) is 25.7 Å². The van der Waals surface area contributed by atoms with Gasteiger partial charge in [-0.05, 0) is 32.0 Å². The minimum Gasteiger partial charge on any atom is -0.439 e. The Morgan fingerprint density at radius 1 is 1.15 bits per heavy atom. The lowest BCUT2D eigenvalue weighted by molar-refractivity contribution is 0.0245. The molecule has 0 bridgehead atoms. The van der Waals surface area contributed by atoms with Gasteiger partial charge < -0.3 is 14.6 Å². The standard InChI is InChI=1S/C27H35N3O3/c1-5-16-30(18-23(31)20-32-17-6-2)19-25-26(22-10-8-7-9-11-22)28-29(4)27(25)33-24-14-12-21(3)13-15-24/h6-15,23,31H,2,5,16-20H2,1,3-4H3. The molecule has 0 saturated heterocycles. The van der Waals surface area contributed by atoms with Gasteiger partial charge in [-0.2, -0.15) is 5.10 Å². The Bertz CT molecular complexity index is 999. The quantitative estimate of drug-likeness (QED) is 0.295. The van der Waals surface area contributed by atoms with Gasteiger partial charge in [-0.25, -0.2) is 4.68 Å². The van der Waals surface area contributed by atoms with Gasteiger partial charge in [0.25, 0.3) is 0 Å². The van der Waals surface area contributed by atoms with E-state index in [0.717, 1.165) is 35.5 Å². The Morgan fingerprint density at radius 3 is 2.55 bits per heavy atom. The monoisotopic (exact) mass is 449 g/mol. The van der Waals surface area contributed by atoms with Crippen molar-refractivity contribution in [3.8, 4) is 22.9 Å². The molecule has 3 rings (SSSR count). The van der Waals surface area contributed by atoms with E-state index >= 15 is 0 Å². The summed E-state index contributed by atoms with van der Waals surface area (Å²) in [5.74, 6) is 1.47. The van der Waals surface area contributed by atoms with E-state index in [1.807, 2.05) is 49.5 Å². The molecule has 0 amide bonds. The SMILES string of the molecule is C=CCOCC(O)CN(CCC)Cc1c(-c2ccccc2)nn(C)c1Oc1ccc(C)cc1. The number of ether oxygens (including phenoxy) is 2. The molecule has 176 valence electrons. The number of rotatable bonds is 13. The first kappa shape index (κ1) is 24.7. The molecule has 0 aliphatic rings. The van der Waals surface area contributed by atoms with Crippen LogP contribution in [0.25, 0.3) is 11.3 Å². The number of aliphatic hydroxyl groups is 1. The summed E-state index contributed by atoms with van der Waals surface area (Å²) in [5, 5.41) is 15.3. The second-order valence-electron chi connectivity index (χ2n) is 8.25. The van der Waals surface area contributed by atoms with Crippen molar-refractivity contribution >= 4 is 0 Å². The molecule has 0 fully saturated rings. The Labute approximate surface area is 197 Å². The number of aliphatic hydroxyl groups excluding tert-OH is 1. The highest BCUT2D eigenvalue weighted by atomic mass is 16.5. The molecule has 6 heteroatoms. The first-order valence-corrected chi connectivity index (χ1v) is 11.5. The van der Waals surface area contributed by atoms with E-state index in [-0.39, 0.29) is 6.61 Å². The van der Waals surface area contributed by atoms with Gasteiger partial charge in [0.05, 0.1) is 24.9 Å². The maximum atomic E-state index is 10.5. The highest BCUT2D eigenvalue weighted by Crippen LogP contribution is 2.34. The van der Waals surface area contributed by atoms with Crippen LogP contribution in [0.4, 0.5) is 0 Å². The first-order valence-electron chi connectivity index (χ1n) is 11.5. The van der Waals surface area contributed by atoms with Gasteiger partial charge in [0.1, 0.15) is 11.4 Å². The molecular weight excluding hydrogens is 414 g/mol. The molecule has 0 aliphatic carbocycles. The third-order valence-electron chi connectivity index (χ3n) is 5.31. The van der Waals surface area contributed by atoms with Crippen molar-refractivity contribution in [3.63, 3.8) is 0 Å². The molecule has 1 aromatic heterocycles. The fourth-order valence-electron chi connectivity index (χ4n) is 3.78. The number of benzene rings is 2. The van der Waals surface area contributed by atoms with Gasteiger partial charge in [-0.15, -0.1) is 6.58 Å². The topological polar surface area (TPSA) is 59.8 Å². The van der Waals surface area contributed by atoms with Crippen molar-refractivity contribution in [1.82, 2.24) is 14.7 Å². The van der Waals surface area contributed by atoms with Gasteiger partial charge in [-0.3, -0.25) is 4.90 Å². The fraction of sp³-hybridized carbons (Fsp3) is 0.370. The molecule has 0 saturated carbocycles. The van der Waals surface area contributed by atoms with E-state index in [1.54, 1.807) is 10.8 Å². The van der Waals surface area contributed by atoms with E-state index < -0.39 is 6.10 Å². The number of nitrogens with zero attached hydrogens (tertiary/aromatic N) is 3. The molecule has 1 heterocycles. The summed E-state index contributed by atoms with van der Waals surface area (Å²) in [6.45, 7) is 10.5. The minimum atomic E-state index is -0.588. The summed E-state index contributed by atoms with van der Waals surface area (Å²) >= 11 is 0. The van der Waals surface area contributed by atoms with E-state index in [4.69, 9.17) is 14.6 Å². The summed E-state index contributed by atoms with van der Waals surface area (Å²) in [6, 6.07) is 18.2. The molecule has 1 atom stereocenters. The van der Waals surface area contributed by atoms with E-state index in [1.165, 1.54) is 5.56 Å². The van der Waals surface area contributed by atoms with Gasteiger partial charge >= 0.3 is 0 Å². The average molecular weight is 450 g/mol. The molecule has 1 unspecified atom stereocenters.